The predicted octanol–water partition coefficient (Wildman–Crippen LogP) is 3.51. The molecule has 174 valence electrons. The summed E-state index contributed by atoms with van der Waals surface area (Å²) in [6, 6.07) is 9.27. The molecule has 0 aliphatic carbocycles. The minimum atomic E-state index is -0.654. The molecule has 7 nitrogen and oxygen atoms in total. The molecule has 0 saturated heterocycles. The van der Waals surface area contributed by atoms with Crippen molar-refractivity contribution in [2.24, 2.45) is 0 Å². The number of methoxy groups -OCH3 is 1. The molecule has 3 aromatic rings. The van der Waals surface area contributed by atoms with Crippen LogP contribution >= 0.6 is 11.3 Å². The van der Waals surface area contributed by atoms with Gasteiger partial charge < -0.3 is 19.9 Å². The number of hydrogen-bond acceptors (Lipinski definition) is 5. The largest absolute Gasteiger partial charge is 0.383 e. The lowest BCUT2D eigenvalue weighted by atomic mass is 10.1. The van der Waals surface area contributed by atoms with Crippen molar-refractivity contribution < 1.29 is 18.7 Å². The first kappa shape index (κ1) is 24.3. The van der Waals surface area contributed by atoms with E-state index in [1.807, 2.05) is 24.4 Å². The van der Waals surface area contributed by atoms with Crippen LogP contribution in [0.5, 0.6) is 0 Å². The van der Waals surface area contributed by atoms with Gasteiger partial charge in [-0.1, -0.05) is 25.1 Å². The number of carbonyl (C=O) groups is 2. The van der Waals surface area contributed by atoms with Crippen LogP contribution in [0.3, 0.4) is 0 Å². The molecule has 1 atom stereocenters. The summed E-state index contributed by atoms with van der Waals surface area (Å²) >= 11 is 1.52. The highest BCUT2D eigenvalue weighted by Gasteiger charge is 2.22. The van der Waals surface area contributed by atoms with E-state index in [4.69, 9.17) is 4.74 Å². The van der Waals surface area contributed by atoms with Gasteiger partial charge in [-0.3, -0.25) is 14.4 Å². The van der Waals surface area contributed by atoms with Crippen molar-refractivity contribution >= 4 is 23.2 Å². The Morgan fingerprint density at radius 3 is 2.42 bits per heavy atom. The number of ether oxygens (including phenoxy) is 1. The summed E-state index contributed by atoms with van der Waals surface area (Å²) in [5.74, 6) is -1.53. The number of benzene rings is 1. The van der Waals surface area contributed by atoms with Crippen molar-refractivity contribution in [3.63, 3.8) is 0 Å². The number of halogens is 1. The van der Waals surface area contributed by atoms with Gasteiger partial charge in [0, 0.05) is 37.5 Å². The molecule has 0 bridgehead atoms. The first-order valence-corrected chi connectivity index (χ1v) is 11.4. The Kier molecular flexibility index (Phi) is 8.51. The molecule has 0 radical (unpaired) electrons. The molecule has 0 saturated carbocycles. The molecule has 2 heterocycles. The second-order valence-electron chi connectivity index (χ2n) is 7.40. The monoisotopic (exact) mass is 471 g/mol. The van der Waals surface area contributed by atoms with E-state index in [0.717, 1.165) is 4.88 Å². The number of aromatic nitrogens is 1. The third kappa shape index (κ3) is 6.36. The maximum atomic E-state index is 13.1. The van der Waals surface area contributed by atoms with Crippen LogP contribution < -0.4 is 16.1 Å². The molecule has 2 N–H and O–H groups in total. The van der Waals surface area contributed by atoms with Crippen molar-refractivity contribution in [3.8, 4) is 0 Å². The Bertz CT molecular complexity index is 1140. The maximum Gasteiger partial charge on any atom is 0.257 e. The number of pyridine rings is 1. The normalized spacial score (nSPS) is 11.7. The van der Waals surface area contributed by atoms with Gasteiger partial charge >= 0.3 is 0 Å². The molecule has 0 unspecified atom stereocenters. The smallest absolute Gasteiger partial charge is 0.257 e. The minimum absolute atomic E-state index is 0.114. The zero-order valence-corrected chi connectivity index (χ0v) is 19.3. The van der Waals surface area contributed by atoms with Crippen LogP contribution in [0.25, 0.3) is 0 Å². The average Bonchev–Trinajstić information content (AvgIpc) is 3.36. The van der Waals surface area contributed by atoms with Gasteiger partial charge in [-0.25, -0.2) is 4.39 Å². The molecule has 33 heavy (non-hydrogen) atoms. The number of carbonyl (C=O) groups excluding carboxylic acids is 2. The van der Waals surface area contributed by atoms with Gasteiger partial charge in [0.1, 0.15) is 16.9 Å². The van der Waals surface area contributed by atoms with E-state index in [0.29, 0.717) is 25.1 Å². The third-order valence-corrected chi connectivity index (χ3v) is 6.07. The molecular formula is C24H26FN3O4S. The second-order valence-corrected chi connectivity index (χ2v) is 8.38. The van der Waals surface area contributed by atoms with Gasteiger partial charge in [-0.05, 0) is 35.6 Å². The van der Waals surface area contributed by atoms with Gasteiger partial charge in [-0.2, -0.15) is 0 Å². The molecule has 2 amide bonds. The van der Waals surface area contributed by atoms with Crippen LogP contribution in [-0.2, 0) is 17.8 Å². The fourth-order valence-electron chi connectivity index (χ4n) is 3.26. The SMILES string of the molecule is CC[C@H](NC(=O)c1cn(CCOC)cc(C(=O)NCc2ccc(F)cc2)c1=O)c1cccs1. The molecule has 0 aliphatic heterocycles. The Morgan fingerprint density at radius 2 is 1.82 bits per heavy atom. The molecular weight excluding hydrogens is 445 g/mol. The zero-order valence-electron chi connectivity index (χ0n) is 18.5. The van der Waals surface area contributed by atoms with Crippen molar-refractivity contribution in [3.05, 3.63) is 91.8 Å². The molecule has 0 spiro atoms. The van der Waals surface area contributed by atoms with Crippen molar-refractivity contribution in [2.75, 3.05) is 13.7 Å². The van der Waals surface area contributed by atoms with E-state index in [-0.39, 0.29) is 29.5 Å². The highest BCUT2D eigenvalue weighted by molar-refractivity contribution is 7.10. The molecule has 1 aromatic carbocycles. The van der Waals surface area contributed by atoms with Gasteiger partial charge in [0.05, 0.1) is 12.6 Å². The predicted molar refractivity (Wildman–Crippen MR) is 125 cm³/mol. The quantitative estimate of drug-likeness (QED) is 0.474. The fraction of sp³-hybridized carbons (Fsp3) is 0.292. The lowest BCUT2D eigenvalue weighted by Gasteiger charge is -2.17. The Morgan fingerprint density at radius 1 is 1.12 bits per heavy atom. The van der Waals surface area contributed by atoms with E-state index < -0.39 is 17.2 Å². The number of nitrogens with one attached hydrogen (secondary N) is 2. The van der Waals surface area contributed by atoms with Crippen molar-refractivity contribution in [2.45, 2.75) is 32.5 Å². The Labute approximate surface area is 195 Å². The molecule has 9 heteroatoms. The molecule has 0 fully saturated rings. The molecule has 2 aromatic heterocycles. The van der Waals surface area contributed by atoms with Gasteiger partial charge in [0.2, 0.25) is 5.43 Å². The topological polar surface area (TPSA) is 89.4 Å². The van der Waals surface area contributed by atoms with E-state index in [1.165, 1.54) is 35.9 Å². The van der Waals surface area contributed by atoms with Crippen LogP contribution in [0.1, 0.15) is 50.5 Å². The number of thiophene rings is 1. The number of hydrogen-bond donors (Lipinski definition) is 2. The van der Waals surface area contributed by atoms with Gasteiger partial charge in [0.25, 0.3) is 11.8 Å². The first-order valence-electron chi connectivity index (χ1n) is 10.5. The summed E-state index contributed by atoms with van der Waals surface area (Å²) < 4.78 is 19.8. The van der Waals surface area contributed by atoms with Crippen LogP contribution in [0.2, 0.25) is 0 Å². The Balaban J connectivity index is 1.85. The molecule has 0 aliphatic rings. The highest BCUT2D eigenvalue weighted by atomic mass is 32.1. The van der Waals surface area contributed by atoms with Crippen LogP contribution in [-0.4, -0.2) is 30.1 Å². The summed E-state index contributed by atoms with van der Waals surface area (Å²) in [4.78, 5) is 39.9. The van der Waals surface area contributed by atoms with E-state index in [2.05, 4.69) is 10.6 Å². The van der Waals surface area contributed by atoms with Crippen LogP contribution in [0.15, 0.2) is 59.0 Å². The fourth-order valence-corrected chi connectivity index (χ4v) is 4.12. The standard InChI is InChI=1S/C24H26FN3O4S/c1-3-20(21-5-4-12-33-21)27-24(31)19-15-28(10-11-32-2)14-18(22(19)29)23(30)26-13-16-6-8-17(25)9-7-16/h4-9,12,14-15,20H,3,10-11,13H2,1-2H3,(H,26,30)(H,27,31)/t20-/m0/s1. The number of rotatable bonds is 10. The number of amides is 2. The summed E-state index contributed by atoms with van der Waals surface area (Å²) in [5.41, 5.74) is -0.237. The van der Waals surface area contributed by atoms with Gasteiger partial charge in [-0.15, -0.1) is 11.3 Å². The van der Waals surface area contributed by atoms with E-state index in [9.17, 15) is 18.8 Å². The van der Waals surface area contributed by atoms with E-state index in [1.54, 1.807) is 23.8 Å². The Hall–Kier alpha value is -3.30. The second kappa shape index (κ2) is 11.5. The van der Waals surface area contributed by atoms with Crippen molar-refractivity contribution in [1.82, 2.24) is 15.2 Å². The summed E-state index contributed by atoms with van der Waals surface area (Å²) in [6.07, 6.45) is 3.51. The lowest BCUT2D eigenvalue weighted by molar-refractivity contribution is 0.0933. The first-order chi connectivity index (χ1) is 15.9. The summed E-state index contributed by atoms with van der Waals surface area (Å²) in [6.45, 7) is 2.76. The van der Waals surface area contributed by atoms with E-state index >= 15 is 0 Å². The van der Waals surface area contributed by atoms with Crippen LogP contribution in [0, 0.1) is 5.82 Å². The number of nitrogens with zero attached hydrogens (tertiary/aromatic N) is 1. The summed E-state index contributed by atoms with van der Waals surface area (Å²) in [7, 11) is 1.54. The van der Waals surface area contributed by atoms with Crippen molar-refractivity contribution in [1.29, 1.82) is 0 Å². The molecule has 3 rings (SSSR count). The average molecular weight is 472 g/mol. The highest BCUT2D eigenvalue weighted by Crippen LogP contribution is 2.22. The third-order valence-electron chi connectivity index (χ3n) is 5.09. The lowest BCUT2D eigenvalue weighted by Crippen LogP contribution is -2.36. The zero-order chi connectivity index (χ0) is 23.8. The maximum absolute atomic E-state index is 13.1. The van der Waals surface area contributed by atoms with Crippen LogP contribution in [0.4, 0.5) is 4.39 Å². The van der Waals surface area contributed by atoms with Gasteiger partial charge in [0.15, 0.2) is 0 Å². The summed E-state index contributed by atoms with van der Waals surface area (Å²) in [5, 5.41) is 7.49. The minimum Gasteiger partial charge on any atom is -0.383 e.